The molecule has 11 heteroatoms. The van der Waals surface area contributed by atoms with Gasteiger partial charge in [0.25, 0.3) is 0 Å². The summed E-state index contributed by atoms with van der Waals surface area (Å²) in [5.41, 5.74) is 2.78. The van der Waals surface area contributed by atoms with Gasteiger partial charge in [-0.05, 0) is 13.8 Å². The van der Waals surface area contributed by atoms with E-state index in [1.54, 1.807) is 0 Å². The summed E-state index contributed by atoms with van der Waals surface area (Å²) in [7, 11) is 0. The van der Waals surface area contributed by atoms with Crippen LogP contribution in [0.4, 0.5) is 5.95 Å². The summed E-state index contributed by atoms with van der Waals surface area (Å²) in [6.45, 7) is 2.89. The van der Waals surface area contributed by atoms with E-state index in [1.165, 1.54) is 24.7 Å². The van der Waals surface area contributed by atoms with Crippen LogP contribution in [0.2, 0.25) is 0 Å². The fourth-order valence-electron chi connectivity index (χ4n) is 2.88. The molecule has 0 radical (unpaired) electrons. The van der Waals surface area contributed by atoms with E-state index in [1.807, 2.05) is 0 Å². The fourth-order valence-corrected chi connectivity index (χ4v) is 2.88. The van der Waals surface area contributed by atoms with Crippen molar-refractivity contribution in [2.45, 2.75) is 44.0 Å². The lowest BCUT2D eigenvalue weighted by Gasteiger charge is -2.26. The van der Waals surface area contributed by atoms with Gasteiger partial charge < -0.3 is 31.6 Å². The van der Waals surface area contributed by atoms with Crippen molar-refractivity contribution in [3.63, 3.8) is 0 Å². The molecule has 1 unspecified atom stereocenters. The molecule has 1 aliphatic rings. The van der Waals surface area contributed by atoms with E-state index in [4.69, 9.17) is 16.3 Å². The molecule has 1 aliphatic heterocycles. The Kier molecular flexibility index (Phi) is 3.92. The molecular weight excluding hydrogens is 332 g/mol. The van der Waals surface area contributed by atoms with Crippen molar-refractivity contribution in [1.82, 2.24) is 19.2 Å². The van der Waals surface area contributed by atoms with Crippen molar-refractivity contribution in [2.24, 2.45) is 0 Å². The Hall–Kier alpha value is -2.65. The molecule has 7 N–H and O–H groups in total. The number of aromatic nitrogens is 4. The average molecular weight is 350 g/mol. The summed E-state index contributed by atoms with van der Waals surface area (Å²) in [5, 5.41) is 31.1. The van der Waals surface area contributed by atoms with Crippen LogP contribution in [0.15, 0.2) is 11.1 Å². The van der Waals surface area contributed by atoms with E-state index in [2.05, 4.69) is 21.8 Å². The van der Waals surface area contributed by atoms with Gasteiger partial charge in [0.1, 0.15) is 12.2 Å². The first kappa shape index (κ1) is 17.2. The number of rotatable bonds is 2. The Morgan fingerprint density at radius 1 is 1.52 bits per heavy atom. The molecule has 1 fully saturated rings. The Balaban J connectivity index is 2.22. The van der Waals surface area contributed by atoms with Crippen LogP contribution in [0.1, 0.15) is 20.1 Å². The van der Waals surface area contributed by atoms with Crippen LogP contribution in [-0.2, 0) is 4.74 Å². The fraction of sp³-hybridized carbons (Fsp3) is 0.500. The molecule has 3 rings (SSSR count). The van der Waals surface area contributed by atoms with Crippen LogP contribution < -0.4 is 17.1 Å². The molecule has 0 amide bonds. The predicted molar refractivity (Wildman–Crippen MR) is 86.3 cm³/mol. The van der Waals surface area contributed by atoms with Crippen LogP contribution >= 0.6 is 0 Å². The van der Waals surface area contributed by atoms with Gasteiger partial charge in [0.05, 0.1) is 12.4 Å². The maximum absolute atomic E-state index is 12.1. The normalized spacial score (nSPS) is 30.2. The van der Waals surface area contributed by atoms with E-state index in [0.29, 0.717) is 4.68 Å². The minimum Gasteiger partial charge on any atom is -0.391 e. The average Bonchev–Trinajstić information content (AvgIpc) is 3.06. The Morgan fingerprint density at radius 3 is 2.80 bits per heavy atom. The highest BCUT2D eigenvalue weighted by atomic mass is 16.6. The zero-order valence-electron chi connectivity index (χ0n) is 13.5. The highest BCUT2D eigenvalue weighted by Crippen LogP contribution is 2.40. The SMILES string of the molecule is CC#C[C@@]1(O)C(O)[C@@H]([C@H](C)O)O[C@H]1n1cnc2c(=O)n(N)c(N)nc21. The van der Waals surface area contributed by atoms with Crippen LogP contribution in [0.25, 0.3) is 11.2 Å². The van der Waals surface area contributed by atoms with Crippen LogP contribution in [0.3, 0.4) is 0 Å². The monoisotopic (exact) mass is 350 g/mol. The number of hydrogen-bond acceptors (Lipinski definition) is 9. The molecule has 1 saturated heterocycles. The molecule has 2 aromatic heterocycles. The van der Waals surface area contributed by atoms with E-state index in [-0.39, 0.29) is 17.1 Å². The molecule has 0 bridgehead atoms. The maximum Gasteiger partial charge on any atom is 0.301 e. The van der Waals surface area contributed by atoms with Crippen LogP contribution in [0, 0.1) is 11.8 Å². The van der Waals surface area contributed by atoms with E-state index >= 15 is 0 Å². The van der Waals surface area contributed by atoms with Gasteiger partial charge in [-0.25, -0.2) is 4.98 Å². The van der Waals surface area contributed by atoms with E-state index < -0.39 is 35.7 Å². The molecule has 0 aromatic carbocycles. The smallest absolute Gasteiger partial charge is 0.301 e. The van der Waals surface area contributed by atoms with Gasteiger partial charge in [-0.1, -0.05) is 5.92 Å². The number of aliphatic hydroxyl groups excluding tert-OH is 2. The number of anilines is 1. The summed E-state index contributed by atoms with van der Waals surface area (Å²) >= 11 is 0. The summed E-state index contributed by atoms with van der Waals surface area (Å²) in [5.74, 6) is 10.2. The van der Waals surface area contributed by atoms with Gasteiger partial charge >= 0.3 is 5.56 Å². The Bertz CT molecular complexity index is 941. The van der Waals surface area contributed by atoms with Crippen molar-refractivity contribution in [2.75, 3.05) is 11.6 Å². The second-order valence-corrected chi connectivity index (χ2v) is 5.81. The van der Waals surface area contributed by atoms with Gasteiger partial charge in [-0.15, -0.1) is 5.92 Å². The summed E-state index contributed by atoms with van der Waals surface area (Å²) in [6.07, 6.45) is -3.78. The van der Waals surface area contributed by atoms with Gasteiger partial charge in [0, 0.05) is 0 Å². The number of aliphatic hydroxyl groups is 3. The van der Waals surface area contributed by atoms with E-state index in [0.717, 1.165) is 0 Å². The van der Waals surface area contributed by atoms with Gasteiger partial charge in [0.15, 0.2) is 23.0 Å². The summed E-state index contributed by atoms with van der Waals surface area (Å²) in [4.78, 5) is 20.1. The Morgan fingerprint density at radius 2 is 2.20 bits per heavy atom. The second kappa shape index (κ2) is 5.71. The zero-order valence-corrected chi connectivity index (χ0v) is 13.5. The molecule has 3 heterocycles. The molecule has 11 nitrogen and oxygen atoms in total. The van der Waals surface area contributed by atoms with Crippen molar-refractivity contribution in [3.05, 3.63) is 16.7 Å². The summed E-state index contributed by atoms with van der Waals surface area (Å²) in [6, 6.07) is 0. The third-order valence-electron chi connectivity index (χ3n) is 4.13. The van der Waals surface area contributed by atoms with E-state index in [9.17, 15) is 20.1 Å². The third-order valence-corrected chi connectivity index (χ3v) is 4.13. The van der Waals surface area contributed by atoms with Crippen molar-refractivity contribution < 1.29 is 20.1 Å². The number of ether oxygens (including phenoxy) is 1. The van der Waals surface area contributed by atoms with Crippen LogP contribution in [0.5, 0.6) is 0 Å². The molecule has 5 atom stereocenters. The largest absolute Gasteiger partial charge is 0.391 e. The Labute approximate surface area is 141 Å². The van der Waals surface area contributed by atoms with Crippen molar-refractivity contribution in [3.8, 4) is 11.8 Å². The number of fused-ring (bicyclic) bond motifs is 1. The first-order valence-electron chi connectivity index (χ1n) is 7.40. The topological polar surface area (TPSA) is 175 Å². The maximum atomic E-state index is 12.1. The minimum absolute atomic E-state index is 0.00368. The number of nitrogens with two attached hydrogens (primary N) is 2. The first-order valence-corrected chi connectivity index (χ1v) is 7.40. The lowest BCUT2D eigenvalue weighted by Crippen LogP contribution is -2.47. The lowest BCUT2D eigenvalue weighted by molar-refractivity contribution is -0.0847. The number of nitrogen functional groups attached to an aromatic ring is 2. The highest BCUT2D eigenvalue weighted by Gasteiger charge is 2.57. The molecule has 134 valence electrons. The lowest BCUT2D eigenvalue weighted by atomic mass is 9.93. The molecular formula is C14H18N6O5. The highest BCUT2D eigenvalue weighted by molar-refractivity contribution is 5.71. The number of hydrogen-bond donors (Lipinski definition) is 5. The van der Waals surface area contributed by atoms with Gasteiger partial charge in [-0.2, -0.15) is 9.66 Å². The summed E-state index contributed by atoms with van der Waals surface area (Å²) < 4.78 is 7.48. The molecule has 25 heavy (non-hydrogen) atoms. The molecule has 0 spiro atoms. The van der Waals surface area contributed by atoms with Crippen molar-refractivity contribution in [1.29, 1.82) is 0 Å². The number of imidazole rings is 1. The predicted octanol–water partition coefficient (Wildman–Crippen LogP) is -2.72. The molecule has 2 aromatic rings. The van der Waals surface area contributed by atoms with Gasteiger partial charge in [-0.3, -0.25) is 9.36 Å². The molecule has 0 aliphatic carbocycles. The third kappa shape index (κ3) is 2.35. The second-order valence-electron chi connectivity index (χ2n) is 5.81. The minimum atomic E-state index is -2.06. The van der Waals surface area contributed by atoms with Gasteiger partial charge in [0.2, 0.25) is 5.95 Å². The standard InChI is InChI=1S/C14H18N6O5/c1-3-4-14(24)9(22)8(6(2)21)25-12(14)19-5-17-7-10(19)18-13(15)20(16)11(7)23/h5-6,8-9,12,21-22,24H,16H2,1-2H3,(H2,15,18)/t6-,8+,9?,12+,14+/m0/s1. The van der Waals surface area contributed by atoms with Crippen LogP contribution in [-0.4, -0.2) is 58.4 Å². The quantitative estimate of drug-likeness (QED) is 0.285. The first-order chi connectivity index (χ1) is 11.7. The van der Waals surface area contributed by atoms with Crippen molar-refractivity contribution >= 4 is 17.1 Å². The zero-order chi connectivity index (χ0) is 18.5. The molecule has 0 saturated carbocycles. The number of nitrogens with zero attached hydrogens (tertiary/aromatic N) is 4.